The van der Waals surface area contributed by atoms with E-state index in [1.165, 1.54) is 6.20 Å². The summed E-state index contributed by atoms with van der Waals surface area (Å²) in [5.74, 6) is 0. The topological polar surface area (TPSA) is 41.1 Å². The monoisotopic (exact) mass is 177 g/mol. The van der Waals surface area contributed by atoms with Crippen LogP contribution in [0.3, 0.4) is 0 Å². The van der Waals surface area contributed by atoms with Gasteiger partial charge < -0.3 is 0 Å². The summed E-state index contributed by atoms with van der Waals surface area (Å²) >= 11 is 5.85. The van der Waals surface area contributed by atoms with E-state index in [1.807, 2.05) is 6.07 Å². The zero-order valence-electron chi connectivity index (χ0n) is 6.03. The van der Waals surface area contributed by atoms with Crippen molar-refractivity contribution in [2.45, 2.75) is 0 Å². The molecule has 0 unspecified atom stereocenters. The van der Waals surface area contributed by atoms with Crippen molar-refractivity contribution in [2.24, 2.45) is 0 Å². The molecule has 12 heavy (non-hydrogen) atoms. The van der Waals surface area contributed by atoms with Gasteiger partial charge in [0, 0.05) is 0 Å². The Bertz CT molecular complexity index is 467. The molecule has 0 aliphatic heterocycles. The lowest BCUT2D eigenvalue weighted by molar-refractivity contribution is 1.15. The molecule has 0 radical (unpaired) electrons. The van der Waals surface area contributed by atoms with Crippen LogP contribution in [0.5, 0.6) is 0 Å². The average Bonchev–Trinajstić information content (AvgIpc) is 2.49. The largest absolute Gasteiger partial charge is 0.274 e. The lowest BCUT2D eigenvalue weighted by Crippen LogP contribution is -1.88. The van der Waals surface area contributed by atoms with Crippen LogP contribution < -0.4 is 0 Å². The molecule has 3 nitrogen and oxygen atoms in total. The summed E-state index contributed by atoms with van der Waals surface area (Å²) in [5, 5.41) is 9.18. The highest BCUT2D eigenvalue weighted by Crippen LogP contribution is 2.13. The second-order valence-corrected chi connectivity index (χ2v) is 2.68. The van der Waals surface area contributed by atoms with Crippen LogP contribution in [0.1, 0.15) is 5.69 Å². The van der Waals surface area contributed by atoms with Crippen LogP contribution in [0.25, 0.3) is 5.65 Å². The summed E-state index contributed by atoms with van der Waals surface area (Å²) < 4.78 is 1.60. The van der Waals surface area contributed by atoms with Crippen molar-refractivity contribution < 1.29 is 0 Å². The third kappa shape index (κ3) is 0.858. The minimum Gasteiger partial charge on any atom is -0.274 e. The molecule has 0 amide bonds. The molecule has 4 heteroatoms. The van der Waals surface area contributed by atoms with E-state index in [2.05, 4.69) is 4.98 Å². The summed E-state index contributed by atoms with van der Waals surface area (Å²) in [7, 11) is 0. The second-order valence-electron chi connectivity index (χ2n) is 2.30. The van der Waals surface area contributed by atoms with Crippen molar-refractivity contribution in [3.05, 3.63) is 35.2 Å². The Morgan fingerprint density at radius 1 is 1.50 bits per heavy atom. The summed E-state index contributed by atoms with van der Waals surface area (Å²) in [6, 6.07) is 7.32. The number of halogens is 1. The highest BCUT2D eigenvalue weighted by molar-refractivity contribution is 6.29. The number of nitriles is 1. The first-order valence-corrected chi connectivity index (χ1v) is 3.73. The lowest BCUT2D eigenvalue weighted by Gasteiger charge is -1.95. The number of nitrogens with zero attached hydrogens (tertiary/aromatic N) is 3. The predicted octanol–water partition coefficient (Wildman–Crippen LogP) is 1.86. The van der Waals surface area contributed by atoms with Crippen molar-refractivity contribution in [3.63, 3.8) is 0 Å². The zero-order valence-corrected chi connectivity index (χ0v) is 6.78. The van der Waals surface area contributed by atoms with Crippen molar-refractivity contribution in [1.82, 2.24) is 9.38 Å². The van der Waals surface area contributed by atoms with E-state index in [-0.39, 0.29) is 0 Å². The molecule has 2 aromatic heterocycles. The number of hydrogen-bond acceptors (Lipinski definition) is 2. The standard InChI is InChI=1S/C8H4ClN3/c9-7-2-1-3-8-11-5-6(4-10)12(7)8/h1-3,5H. The maximum Gasteiger partial charge on any atom is 0.145 e. The molecule has 0 saturated carbocycles. The van der Waals surface area contributed by atoms with E-state index in [0.29, 0.717) is 16.5 Å². The third-order valence-electron chi connectivity index (χ3n) is 1.60. The maximum absolute atomic E-state index is 8.68. The summed E-state index contributed by atoms with van der Waals surface area (Å²) in [6.07, 6.45) is 1.50. The lowest BCUT2D eigenvalue weighted by atomic mass is 10.4. The van der Waals surface area contributed by atoms with Crippen molar-refractivity contribution in [2.75, 3.05) is 0 Å². The number of hydrogen-bond donors (Lipinski definition) is 0. The Kier molecular flexibility index (Phi) is 1.49. The fraction of sp³-hybridized carbons (Fsp3) is 0. The number of pyridine rings is 1. The minimum atomic E-state index is 0.454. The number of fused-ring (bicyclic) bond motifs is 1. The Morgan fingerprint density at radius 3 is 3.08 bits per heavy atom. The molecule has 0 N–H and O–H groups in total. The molecular weight excluding hydrogens is 174 g/mol. The van der Waals surface area contributed by atoms with Gasteiger partial charge in [0.1, 0.15) is 22.6 Å². The molecule has 0 aliphatic rings. The highest BCUT2D eigenvalue weighted by Gasteiger charge is 2.03. The molecule has 0 fully saturated rings. The van der Waals surface area contributed by atoms with Gasteiger partial charge in [-0.25, -0.2) is 4.98 Å². The van der Waals surface area contributed by atoms with Crippen LogP contribution in [0.15, 0.2) is 24.4 Å². The molecule has 2 heterocycles. The highest BCUT2D eigenvalue weighted by atomic mass is 35.5. The first-order chi connectivity index (χ1) is 5.83. The fourth-order valence-electron chi connectivity index (χ4n) is 1.08. The van der Waals surface area contributed by atoms with Crippen molar-refractivity contribution in [1.29, 1.82) is 5.26 Å². The second kappa shape index (κ2) is 2.50. The van der Waals surface area contributed by atoms with Gasteiger partial charge in [-0.05, 0) is 12.1 Å². The van der Waals surface area contributed by atoms with Gasteiger partial charge >= 0.3 is 0 Å². The Labute approximate surface area is 73.8 Å². The Hall–Kier alpha value is -1.53. The molecule has 0 bridgehead atoms. The van der Waals surface area contributed by atoms with Crippen LogP contribution in [-0.4, -0.2) is 9.38 Å². The van der Waals surface area contributed by atoms with E-state index in [9.17, 15) is 0 Å². The van der Waals surface area contributed by atoms with Gasteiger partial charge in [0.2, 0.25) is 0 Å². The maximum atomic E-state index is 8.68. The summed E-state index contributed by atoms with van der Waals surface area (Å²) in [6.45, 7) is 0. The minimum absolute atomic E-state index is 0.454. The van der Waals surface area contributed by atoms with Gasteiger partial charge in [-0.15, -0.1) is 0 Å². The van der Waals surface area contributed by atoms with Gasteiger partial charge in [-0.3, -0.25) is 4.40 Å². The smallest absolute Gasteiger partial charge is 0.145 e. The Morgan fingerprint density at radius 2 is 2.33 bits per heavy atom. The van der Waals surface area contributed by atoms with E-state index in [0.717, 1.165) is 0 Å². The van der Waals surface area contributed by atoms with Crippen molar-refractivity contribution in [3.8, 4) is 6.07 Å². The molecule has 0 saturated heterocycles. The molecule has 2 aromatic rings. The molecule has 58 valence electrons. The van der Waals surface area contributed by atoms with Gasteiger partial charge in [-0.1, -0.05) is 17.7 Å². The summed E-state index contributed by atoms with van der Waals surface area (Å²) in [4.78, 5) is 4.01. The zero-order chi connectivity index (χ0) is 8.55. The van der Waals surface area contributed by atoms with Crippen LogP contribution in [-0.2, 0) is 0 Å². The molecule has 0 aliphatic carbocycles. The van der Waals surface area contributed by atoms with E-state index < -0.39 is 0 Å². The predicted molar refractivity (Wildman–Crippen MR) is 44.9 cm³/mol. The quantitative estimate of drug-likeness (QED) is 0.577. The number of rotatable bonds is 0. The molecule has 0 atom stereocenters. The SMILES string of the molecule is N#Cc1cnc2cccc(Cl)n12. The van der Waals surface area contributed by atoms with Crippen LogP contribution in [0.4, 0.5) is 0 Å². The van der Waals surface area contributed by atoms with E-state index in [1.54, 1.807) is 22.6 Å². The molecular formula is C8H4ClN3. The van der Waals surface area contributed by atoms with Gasteiger partial charge in [-0.2, -0.15) is 5.26 Å². The first-order valence-electron chi connectivity index (χ1n) is 3.35. The third-order valence-corrected chi connectivity index (χ3v) is 1.89. The molecule has 0 spiro atoms. The average molecular weight is 178 g/mol. The van der Waals surface area contributed by atoms with Gasteiger partial charge in [0.15, 0.2) is 0 Å². The summed E-state index contributed by atoms with van der Waals surface area (Å²) in [5.41, 5.74) is 1.15. The van der Waals surface area contributed by atoms with Crippen LogP contribution in [0.2, 0.25) is 5.15 Å². The fourth-order valence-corrected chi connectivity index (χ4v) is 1.33. The normalized spacial score (nSPS) is 10.0. The number of aromatic nitrogens is 2. The first kappa shape index (κ1) is 7.14. The van der Waals surface area contributed by atoms with Crippen molar-refractivity contribution >= 4 is 17.2 Å². The van der Waals surface area contributed by atoms with Gasteiger partial charge in [0.25, 0.3) is 0 Å². The van der Waals surface area contributed by atoms with E-state index >= 15 is 0 Å². The Balaban J connectivity index is 2.95. The van der Waals surface area contributed by atoms with Gasteiger partial charge in [0.05, 0.1) is 6.20 Å². The van der Waals surface area contributed by atoms with Crippen LogP contribution in [0, 0.1) is 11.3 Å². The van der Waals surface area contributed by atoms with E-state index in [4.69, 9.17) is 16.9 Å². The van der Waals surface area contributed by atoms with Crippen LogP contribution >= 0.6 is 11.6 Å². The number of imidazole rings is 1. The molecule has 0 aromatic carbocycles. The molecule has 2 rings (SSSR count).